The molecule has 0 aromatic heterocycles. The molecule has 0 fully saturated rings. The molecule has 2 nitrogen and oxygen atoms in total. The van der Waals surface area contributed by atoms with Gasteiger partial charge in [-0.1, -0.05) is 28.1 Å². The molecule has 0 aliphatic heterocycles. The van der Waals surface area contributed by atoms with Crippen LogP contribution in [0.2, 0.25) is 0 Å². The monoisotopic (exact) mass is 328 g/mol. The van der Waals surface area contributed by atoms with Crippen LogP contribution in [0.3, 0.4) is 0 Å². The minimum atomic E-state index is -1.37. The van der Waals surface area contributed by atoms with E-state index in [1.165, 1.54) is 7.11 Å². The number of benzene rings is 2. The molecule has 0 spiro atoms. The molecule has 2 aromatic carbocycles. The fourth-order valence-corrected chi connectivity index (χ4v) is 2.20. The van der Waals surface area contributed by atoms with Crippen LogP contribution >= 0.6 is 15.9 Å². The number of ether oxygens (including phenoxy) is 1. The number of aliphatic hydroxyl groups is 1. The molecule has 0 aliphatic rings. The summed E-state index contributed by atoms with van der Waals surface area (Å²) < 4.78 is 33.2. The van der Waals surface area contributed by atoms with E-state index >= 15 is 0 Å². The molecule has 2 aromatic rings. The highest BCUT2D eigenvalue weighted by Crippen LogP contribution is 2.30. The van der Waals surface area contributed by atoms with Crippen molar-refractivity contribution in [1.82, 2.24) is 0 Å². The molecule has 0 aliphatic carbocycles. The quantitative estimate of drug-likeness (QED) is 0.928. The summed E-state index contributed by atoms with van der Waals surface area (Å²) in [5.74, 6) is -1.62. The number of rotatable bonds is 3. The fraction of sp³-hybridized carbons (Fsp3) is 0.143. The van der Waals surface area contributed by atoms with E-state index in [2.05, 4.69) is 15.9 Å². The summed E-state index contributed by atoms with van der Waals surface area (Å²) in [6.07, 6.45) is -1.37. The van der Waals surface area contributed by atoms with E-state index in [1.54, 1.807) is 24.3 Å². The van der Waals surface area contributed by atoms with Crippen LogP contribution in [0.4, 0.5) is 8.78 Å². The van der Waals surface area contributed by atoms with Gasteiger partial charge in [-0.25, -0.2) is 8.78 Å². The van der Waals surface area contributed by atoms with E-state index in [1.807, 2.05) is 0 Å². The molecule has 5 heteroatoms. The first-order valence-corrected chi connectivity index (χ1v) is 6.28. The SMILES string of the molecule is COc1cc(F)c(C(O)c2cccc(Br)c2)c(F)c1. The highest BCUT2D eigenvalue weighted by Gasteiger charge is 2.21. The van der Waals surface area contributed by atoms with Crippen molar-refractivity contribution in [2.24, 2.45) is 0 Å². The summed E-state index contributed by atoms with van der Waals surface area (Å²) in [6, 6.07) is 8.73. The van der Waals surface area contributed by atoms with Gasteiger partial charge in [0.05, 0.1) is 12.7 Å². The lowest BCUT2D eigenvalue weighted by atomic mass is 10.0. The second-order valence-electron chi connectivity index (χ2n) is 3.96. The number of methoxy groups -OCH3 is 1. The van der Waals surface area contributed by atoms with Gasteiger partial charge in [-0.15, -0.1) is 0 Å². The molecule has 1 unspecified atom stereocenters. The Bertz CT molecular complexity index is 579. The molecule has 0 amide bonds. The first kappa shape index (κ1) is 14.0. The third-order valence-electron chi connectivity index (χ3n) is 2.73. The van der Waals surface area contributed by atoms with Gasteiger partial charge >= 0.3 is 0 Å². The van der Waals surface area contributed by atoms with E-state index in [9.17, 15) is 13.9 Å². The van der Waals surface area contributed by atoms with Crippen molar-refractivity contribution in [3.63, 3.8) is 0 Å². The molecule has 19 heavy (non-hydrogen) atoms. The van der Waals surface area contributed by atoms with E-state index in [0.717, 1.165) is 16.6 Å². The summed E-state index contributed by atoms with van der Waals surface area (Å²) in [4.78, 5) is 0. The zero-order chi connectivity index (χ0) is 14.0. The Morgan fingerprint density at radius 1 is 1.16 bits per heavy atom. The van der Waals surface area contributed by atoms with Crippen LogP contribution in [0.1, 0.15) is 17.2 Å². The van der Waals surface area contributed by atoms with Gasteiger partial charge in [-0.2, -0.15) is 0 Å². The number of halogens is 3. The molecule has 2 rings (SSSR count). The minimum Gasteiger partial charge on any atom is -0.497 e. The number of hydrogen-bond donors (Lipinski definition) is 1. The van der Waals surface area contributed by atoms with Gasteiger partial charge in [0.2, 0.25) is 0 Å². The first-order chi connectivity index (χ1) is 9.02. The first-order valence-electron chi connectivity index (χ1n) is 5.49. The zero-order valence-electron chi connectivity index (χ0n) is 10.0. The molecule has 100 valence electrons. The van der Waals surface area contributed by atoms with Gasteiger partial charge in [0.1, 0.15) is 23.5 Å². The fourth-order valence-electron chi connectivity index (χ4n) is 1.78. The Morgan fingerprint density at radius 2 is 1.79 bits per heavy atom. The second kappa shape index (κ2) is 5.67. The van der Waals surface area contributed by atoms with Gasteiger partial charge in [0.15, 0.2) is 0 Å². The van der Waals surface area contributed by atoms with Crippen LogP contribution in [0.15, 0.2) is 40.9 Å². The van der Waals surface area contributed by atoms with Crippen molar-refractivity contribution in [1.29, 1.82) is 0 Å². The predicted molar refractivity (Wildman–Crippen MR) is 71.1 cm³/mol. The molecule has 0 saturated carbocycles. The predicted octanol–water partition coefficient (Wildman–Crippen LogP) is 3.82. The zero-order valence-corrected chi connectivity index (χ0v) is 11.6. The van der Waals surface area contributed by atoms with Crippen LogP contribution < -0.4 is 4.74 Å². The average Bonchev–Trinajstić information content (AvgIpc) is 2.37. The molecule has 0 heterocycles. The van der Waals surface area contributed by atoms with Crippen molar-refractivity contribution in [3.05, 3.63) is 63.6 Å². The molecular weight excluding hydrogens is 318 g/mol. The topological polar surface area (TPSA) is 29.5 Å². The maximum absolute atomic E-state index is 13.8. The van der Waals surface area contributed by atoms with Crippen molar-refractivity contribution in [2.75, 3.05) is 7.11 Å². The number of hydrogen-bond acceptors (Lipinski definition) is 2. The van der Waals surface area contributed by atoms with Gasteiger partial charge in [0.25, 0.3) is 0 Å². The lowest BCUT2D eigenvalue weighted by Crippen LogP contribution is -2.06. The Balaban J connectivity index is 2.47. The van der Waals surface area contributed by atoms with Crippen LogP contribution in [0.25, 0.3) is 0 Å². The second-order valence-corrected chi connectivity index (χ2v) is 4.88. The third kappa shape index (κ3) is 2.93. The molecule has 0 saturated heterocycles. The molecule has 0 radical (unpaired) electrons. The summed E-state index contributed by atoms with van der Waals surface area (Å²) in [5.41, 5.74) is 0.0104. The van der Waals surface area contributed by atoms with Crippen LogP contribution in [-0.2, 0) is 0 Å². The van der Waals surface area contributed by atoms with E-state index < -0.39 is 17.7 Å². The Hall–Kier alpha value is -1.46. The Kier molecular flexibility index (Phi) is 4.17. The van der Waals surface area contributed by atoms with Crippen molar-refractivity contribution >= 4 is 15.9 Å². The van der Waals surface area contributed by atoms with Crippen LogP contribution in [0.5, 0.6) is 5.75 Å². The van der Waals surface area contributed by atoms with Crippen molar-refractivity contribution in [3.8, 4) is 5.75 Å². The normalized spacial score (nSPS) is 12.3. The Morgan fingerprint density at radius 3 is 2.32 bits per heavy atom. The summed E-state index contributed by atoms with van der Waals surface area (Å²) in [7, 11) is 1.32. The average molecular weight is 329 g/mol. The largest absolute Gasteiger partial charge is 0.497 e. The number of aliphatic hydroxyl groups excluding tert-OH is 1. The Labute approximate surface area is 117 Å². The summed E-state index contributed by atoms with van der Waals surface area (Å²) >= 11 is 3.24. The standard InChI is InChI=1S/C14H11BrF2O2/c1-19-10-6-11(16)13(12(17)7-10)14(18)8-3-2-4-9(15)5-8/h2-7,14,18H,1H3. The molecule has 0 bridgehead atoms. The lowest BCUT2D eigenvalue weighted by Gasteiger charge is -2.14. The van der Waals surface area contributed by atoms with Gasteiger partial charge in [0, 0.05) is 16.6 Å². The minimum absolute atomic E-state index is 0.0696. The van der Waals surface area contributed by atoms with Gasteiger partial charge < -0.3 is 9.84 Å². The highest BCUT2D eigenvalue weighted by molar-refractivity contribution is 9.10. The van der Waals surface area contributed by atoms with Crippen molar-refractivity contribution < 1.29 is 18.6 Å². The molecule has 1 N–H and O–H groups in total. The maximum atomic E-state index is 13.8. The van der Waals surface area contributed by atoms with E-state index in [4.69, 9.17) is 4.74 Å². The van der Waals surface area contributed by atoms with Crippen LogP contribution in [-0.4, -0.2) is 12.2 Å². The molecule has 1 atom stereocenters. The van der Waals surface area contributed by atoms with Crippen molar-refractivity contribution in [2.45, 2.75) is 6.10 Å². The third-order valence-corrected chi connectivity index (χ3v) is 3.22. The maximum Gasteiger partial charge on any atom is 0.135 e. The summed E-state index contributed by atoms with van der Waals surface area (Å²) in [5, 5.41) is 10.1. The summed E-state index contributed by atoms with van der Waals surface area (Å²) in [6.45, 7) is 0. The molecular formula is C14H11BrF2O2. The van der Waals surface area contributed by atoms with E-state index in [0.29, 0.717) is 5.56 Å². The van der Waals surface area contributed by atoms with Gasteiger partial charge in [-0.3, -0.25) is 0 Å². The van der Waals surface area contributed by atoms with E-state index in [-0.39, 0.29) is 11.3 Å². The lowest BCUT2D eigenvalue weighted by molar-refractivity contribution is 0.208. The van der Waals surface area contributed by atoms with Crippen LogP contribution in [0, 0.1) is 11.6 Å². The highest BCUT2D eigenvalue weighted by atomic mass is 79.9. The van der Waals surface area contributed by atoms with Gasteiger partial charge in [-0.05, 0) is 17.7 Å². The smallest absolute Gasteiger partial charge is 0.135 e.